The first-order valence-electron chi connectivity index (χ1n) is 5.02. The molecule has 1 aromatic carbocycles. The Balaban J connectivity index is 2.83. The van der Waals surface area contributed by atoms with Crippen LogP contribution in [0.2, 0.25) is 0 Å². The van der Waals surface area contributed by atoms with Crippen LogP contribution in [0.4, 0.5) is 8.78 Å². The molecular weight excluding hydrogens is 248 g/mol. The topological polar surface area (TPSA) is 109 Å². The Morgan fingerprint density at radius 3 is 2.56 bits per heavy atom. The molecule has 2 unspecified atom stereocenters. The van der Waals surface area contributed by atoms with Crippen LogP contribution in [0.1, 0.15) is 18.1 Å². The summed E-state index contributed by atoms with van der Waals surface area (Å²) in [4.78, 5) is 2.46. The van der Waals surface area contributed by atoms with Crippen LogP contribution in [0, 0.1) is 11.6 Å². The lowest BCUT2D eigenvalue weighted by molar-refractivity contribution is 0.0147. The van der Waals surface area contributed by atoms with Gasteiger partial charge in [0.05, 0.1) is 6.10 Å². The van der Waals surface area contributed by atoms with Crippen LogP contribution in [0.25, 0.3) is 10.4 Å². The molecule has 0 saturated carbocycles. The summed E-state index contributed by atoms with van der Waals surface area (Å²) in [5.41, 5.74) is 7.86. The second-order valence-electron chi connectivity index (χ2n) is 3.59. The van der Waals surface area contributed by atoms with Gasteiger partial charge in [-0.15, -0.1) is 0 Å². The predicted molar refractivity (Wildman–Crippen MR) is 57.6 cm³/mol. The van der Waals surface area contributed by atoms with Gasteiger partial charge >= 0.3 is 0 Å². The number of halogens is 2. The Labute approximate surface area is 101 Å². The van der Waals surface area contributed by atoms with Gasteiger partial charge in [0.15, 0.2) is 17.4 Å². The molecule has 0 heterocycles. The van der Waals surface area contributed by atoms with Crippen LogP contribution in [-0.2, 0) is 0 Å². The Morgan fingerprint density at radius 1 is 1.33 bits per heavy atom. The number of hydrogen-bond acceptors (Lipinski definition) is 4. The first-order valence-corrected chi connectivity index (χ1v) is 5.02. The van der Waals surface area contributed by atoms with Gasteiger partial charge in [0.1, 0.15) is 6.10 Å². The van der Waals surface area contributed by atoms with Crippen LogP contribution < -0.4 is 0 Å². The first-order chi connectivity index (χ1) is 8.47. The van der Waals surface area contributed by atoms with Gasteiger partial charge in [-0.05, 0) is 29.6 Å². The summed E-state index contributed by atoms with van der Waals surface area (Å²) >= 11 is 0. The minimum Gasteiger partial charge on any atom is -0.505 e. The molecule has 0 amide bonds. The van der Waals surface area contributed by atoms with Gasteiger partial charge in [-0.1, -0.05) is 5.11 Å². The highest BCUT2D eigenvalue weighted by molar-refractivity contribution is 5.31. The van der Waals surface area contributed by atoms with E-state index in [1.165, 1.54) is 0 Å². The number of azide groups is 1. The lowest BCUT2D eigenvalue weighted by atomic mass is 10.0. The van der Waals surface area contributed by atoms with Crippen molar-refractivity contribution >= 4 is 0 Å². The van der Waals surface area contributed by atoms with Crippen molar-refractivity contribution < 1.29 is 24.1 Å². The van der Waals surface area contributed by atoms with Gasteiger partial charge in [-0.25, -0.2) is 4.39 Å². The summed E-state index contributed by atoms with van der Waals surface area (Å²) in [5, 5.41) is 31.4. The summed E-state index contributed by atoms with van der Waals surface area (Å²) in [5.74, 6) is -3.70. The van der Waals surface area contributed by atoms with E-state index < -0.39 is 29.6 Å². The number of aromatic hydroxyl groups is 1. The molecule has 1 rings (SSSR count). The normalized spacial score (nSPS) is 13.8. The van der Waals surface area contributed by atoms with Crippen molar-refractivity contribution in [3.05, 3.63) is 39.8 Å². The van der Waals surface area contributed by atoms with E-state index in [1.807, 2.05) is 0 Å². The molecule has 0 aliphatic carbocycles. The van der Waals surface area contributed by atoms with Crippen molar-refractivity contribution in [1.29, 1.82) is 0 Å². The van der Waals surface area contributed by atoms with Crippen LogP contribution in [-0.4, -0.2) is 28.0 Å². The number of aliphatic hydroxyl groups excluding tert-OH is 2. The van der Waals surface area contributed by atoms with Crippen LogP contribution in [0.15, 0.2) is 17.2 Å². The number of aliphatic hydroxyl groups is 2. The molecule has 6 nitrogen and oxygen atoms in total. The van der Waals surface area contributed by atoms with Crippen molar-refractivity contribution in [1.82, 2.24) is 0 Å². The molecular formula is C10H11F2N3O3. The van der Waals surface area contributed by atoms with Crippen molar-refractivity contribution in [3.8, 4) is 5.75 Å². The van der Waals surface area contributed by atoms with Crippen molar-refractivity contribution in [2.75, 3.05) is 6.54 Å². The number of rotatable bonds is 5. The fraction of sp³-hybridized carbons (Fsp3) is 0.400. The Bertz CT molecular complexity index is 454. The van der Waals surface area contributed by atoms with Gasteiger partial charge in [0.25, 0.3) is 0 Å². The zero-order valence-electron chi connectivity index (χ0n) is 9.16. The second kappa shape index (κ2) is 6.15. The smallest absolute Gasteiger partial charge is 0.200 e. The van der Waals surface area contributed by atoms with Crippen molar-refractivity contribution in [2.45, 2.75) is 18.6 Å². The van der Waals surface area contributed by atoms with Gasteiger partial charge in [-0.3, -0.25) is 0 Å². The molecule has 2 atom stereocenters. The summed E-state index contributed by atoms with van der Waals surface area (Å²) in [6.45, 7) is -0.0512. The molecule has 0 saturated heterocycles. The molecule has 1 aromatic rings. The Hall–Kier alpha value is -1.89. The molecule has 0 aromatic heterocycles. The SMILES string of the molecule is [N-]=[N+]=NCCC(O)C(O)c1cc(O)c(F)c(F)c1. The number of nitrogens with zero attached hydrogens (tertiary/aromatic N) is 3. The van der Waals surface area contributed by atoms with Crippen molar-refractivity contribution in [3.63, 3.8) is 0 Å². The van der Waals surface area contributed by atoms with E-state index in [-0.39, 0.29) is 18.5 Å². The van der Waals surface area contributed by atoms with E-state index in [0.29, 0.717) is 6.07 Å². The fourth-order valence-electron chi connectivity index (χ4n) is 1.38. The molecule has 0 spiro atoms. The van der Waals surface area contributed by atoms with E-state index >= 15 is 0 Å². The van der Waals surface area contributed by atoms with Crippen molar-refractivity contribution in [2.24, 2.45) is 5.11 Å². The number of phenols is 1. The van der Waals surface area contributed by atoms with Crippen LogP contribution in [0.5, 0.6) is 5.75 Å². The maximum atomic E-state index is 13.0. The molecule has 0 bridgehead atoms. The maximum Gasteiger partial charge on any atom is 0.200 e. The Kier molecular flexibility index (Phi) is 4.85. The zero-order chi connectivity index (χ0) is 13.7. The number of hydrogen-bond donors (Lipinski definition) is 3. The standard InChI is InChI=1S/C10H11F2N3O3/c11-6-3-5(4-8(17)9(6)12)10(18)7(16)1-2-14-15-13/h3-4,7,10,16-18H,1-2H2. The van der Waals surface area contributed by atoms with E-state index in [2.05, 4.69) is 10.0 Å². The van der Waals surface area contributed by atoms with E-state index in [0.717, 1.165) is 6.07 Å². The highest BCUT2D eigenvalue weighted by Gasteiger charge is 2.21. The zero-order valence-corrected chi connectivity index (χ0v) is 9.16. The van der Waals surface area contributed by atoms with E-state index in [4.69, 9.17) is 10.6 Å². The average Bonchev–Trinajstić information content (AvgIpc) is 2.34. The molecule has 3 N–H and O–H groups in total. The molecule has 0 aliphatic heterocycles. The van der Waals surface area contributed by atoms with Gasteiger partial charge in [0, 0.05) is 11.5 Å². The average molecular weight is 259 g/mol. The quantitative estimate of drug-likeness (QED) is 0.425. The lowest BCUT2D eigenvalue weighted by Crippen LogP contribution is -2.19. The molecule has 0 fully saturated rings. The minimum atomic E-state index is -1.51. The summed E-state index contributed by atoms with van der Waals surface area (Å²) in [6.07, 6.45) is -2.88. The number of benzene rings is 1. The highest BCUT2D eigenvalue weighted by Crippen LogP contribution is 2.26. The predicted octanol–water partition coefficient (Wildman–Crippen LogP) is 1.77. The second-order valence-corrected chi connectivity index (χ2v) is 3.59. The van der Waals surface area contributed by atoms with Crippen LogP contribution in [0.3, 0.4) is 0 Å². The number of phenolic OH excluding ortho intramolecular Hbond substituents is 1. The van der Waals surface area contributed by atoms with Gasteiger partial charge < -0.3 is 15.3 Å². The van der Waals surface area contributed by atoms with Gasteiger partial charge in [0.2, 0.25) is 0 Å². The summed E-state index contributed by atoms with van der Waals surface area (Å²) in [6, 6.07) is 1.50. The summed E-state index contributed by atoms with van der Waals surface area (Å²) in [7, 11) is 0. The van der Waals surface area contributed by atoms with Crippen LogP contribution >= 0.6 is 0 Å². The van der Waals surface area contributed by atoms with Gasteiger partial charge in [-0.2, -0.15) is 4.39 Å². The largest absolute Gasteiger partial charge is 0.505 e. The monoisotopic (exact) mass is 259 g/mol. The lowest BCUT2D eigenvalue weighted by Gasteiger charge is -2.17. The molecule has 18 heavy (non-hydrogen) atoms. The third-order valence-electron chi connectivity index (χ3n) is 2.33. The fourth-order valence-corrected chi connectivity index (χ4v) is 1.38. The molecule has 8 heteroatoms. The first kappa shape index (κ1) is 14.2. The Morgan fingerprint density at radius 2 is 2.00 bits per heavy atom. The molecule has 0 aliphatic rings. The third kappa shape index (κ3) is 3.30. The van der Waals surface area contributed by atoms with E-state index in [1.54, 1.807) is 0 Å². The third-order valence-corrected chi connectivity index (χ3v) is 2.33. The molecule has 98 valence electrons. The maximum absolute atomic E-state index is 13.0. The summed E-state index contributed by atoms with van der Waals surface area (Å²) < 4.78 is 25.8. The minimum absolute atomic E-state index is 0.0506. The highest BCUT2D eigenvalue weighted by atomic mass is 19.2. The molecule has 0 radical (unpaired) electrons. The van der Waals surface area contributed by atoms with E-state index in [9.17, 15) is 19.0 Å².